The Hall–Kier alpha value is -0.130. The smallest absolute Gasteiger partial charge is 0.212 e. The number of nitrogens with one attached hydrogen (secondary N) is 2. The Kier molecular flexibility index (Phi) is 4.14. The van der Waals surface area contributed by atoms with Crippen LogP contribution in [0.4, 0.5) is 0 Å². The fraction of sp³-hybridized carbons (Fsp3) is 1.00. The van der Waals surface area contributed by atoms with E-state index in [9.17, 15) is 8.42 Å². The molecule has 0 heterocycles. The lowest BCUT2D eigenvalue weighted by molar-refractivity contribution is 0.489. The molecule has 1 saturated carbocycles. The van der Waals surface area contributed by atoms with Gasteiger partial charge in [-0.3, -0.25) is 0 Å². The first-order valence-electron chi connectivity index (χ1n) is 5.53. The second-order valence-electron chi connectivity index (χ2n) is 5.25. The number of hydrogen-bond acceptors (Lipinski definition) is 3. The van der Waals surface area contributed by atoms with Gasteiger partial charge in [0.1, 0.15) is 0 Å². The normalized spacial score (nSPS) is 18.1. The predicted molar refractivity (Wildman–Crippen MR) is 62.3 cm³/mol. The van der Waals surface area contributed by atoms with Crippen LogP contribution in [0.15, 0.2) is 0 Å². The predicted octanol–water partition coefficient (Wildman–Crippen LogP) is 0.846. The maximum Gasteiger partial charge on any atom is 0.212 e. The molecule has 0 bridgehead atoms. The minimum Gasteiger partial charge on any atom is -0.314 e. The highest BCUT2D eigenvalue weighted by atomic mass is 32.2. The minimum atomic E-state index is -3.11. The molecule has 0 aromatic rings. The van der Waals surface area contributed by atoms with Crippen LogP contribution >= 0.6 is 0 Å². The van der Waals surface area contributed by atoms with Crippen LogP contribution in [-0.4, -0.2) is 32.3 Å². The average molecular weight is 234 g/mol. The van der Waals surface area contributed by atoms with Crippen LogP contribution in [-0.2, 0) is 10.0 Å². The summed E-state index contributed by atoms with van der Waals surface area (Å²) in [5.41, 5.74) is -0.372. The standard InChI is InChI=1S/C10H22N2O2S/c1-10(2,3)12-15(13,14)8-4-7-11-9-5-6-9/h9,11-12H,4-8H2,1-3H3. The van der Waals surface area contributed by atoms with Crippen molar-refractivity contribution in [2.45, 2.75) is 51.6 Å². The zero-order valence-corrected chi connectivity index (χ0v) is 10.7. The number of hydrogen-bond donors (Lipinski definition) is 2. The highest BCUT2D eigenvalue weighted by Crippen LogP contribution is 2.18. The van der Waals surface area contributed by atoms with Crippen LogP contribution in [0.2, 0.25) is 0 Å². The van der Waals surface area contributed by atoms with Gasteiger partial charge in [-0.15, -0.1) is 0 Å². The van der Waals surface area contributed by atoms with Crippen molar-refractivity contribution in [2.75, 3.05) is 12.3 Å². The van der Waals surface area contributed by atoms with E-state index in [-0.39, 0.29) is 11.3 Å². The molecule has 0 radical (unpaired) electrons. The number of sulfonamides is 1. The summed E-state index contributed by atoms with van der Waals surface area (Å²) < 4.78 is 25.8. The number of rotatable bonds is 6. The van der Waals surface area contributed by atoms with Gasteiger partial charge in [0.25, 0.3) is 0 Å². The molecule has 1 fully saturated rings. The van der Waals surface area contributed by atoms with Crippen LogP contribution in [0.3, 0.4) is 0 Å². The topological polar surface area (TPSA) is 58.2 Å². The van der Waals surface area contributed by atoms with Gasteiger partial charge in [-0.2, -0.15) is 0 Å². The van der Waals surface area contributed by atoms with Gasteiger partial charge in [-0.25, -0.2) is 13.1 Å². The minimum absolute atomic E-state index is 0.212. The van der Waals surface area contributed by atoms with E-state index in [2.05, 4.69) is 10.0 Å². The molecule has 0 aromatic carbocycles. The lowest BCUT2D eigenvalue weighted by Crippen LogP contribution is -2.42. The van der Waals surface area contributed by atoms with Crippen molar-refractivity contribution in [1.29, 1.82) is 0 Å². The van der Waals surface area contributed by atoms with Gasteiger partial charge in [0.05, 0.1) is 5.75 Å². The van der Waals surface area contributed by atoms with E-state index >= 15 is 0 Å². The van der Waals surface area contributed by atoms with Crippen molar-refractivity contribution in [3.05, 3.63) is 0 Å². The first-order valence-corrected chi connectivity index (χ1v) is 7.19. The maximum absolute atomic E-state index is 11.6. The molecular weight excluding hydrogens is 212 g/mol. The summed E-state index contributed by atoms with van der Waals surface area (Å²) >= 11 is 0. The van der Waals surface area contributed by atoms with E-state index in [0.29, 0.717) is 12.5 Å². The Labute approximate surface area is 92.9 Å². The molecule has 4 nitrogen and oxygen atoms in total. The highest BCUT2D eigenvalue weighted by Gasteiger charge is 2.21. The lowest BCUT2D eigenvalue weighted by atomic mass is 10.1. The Balaban J connectivity index is 2.17. The van der Waals surface area contributed by atoms with Crippen LogP contribution in [0.25, 0.3) is 0 Å². The SMILES string of the molecule is CC(C)(C)NS(=O)(=O)CCCNC1CC1. The molecule has 5 heteroatoms. The summed E-state index contributed by atoms with van der Waals surface area (Å²) in [7, 11) is -3.11. The first kappa shape index (κ1) is 12.9. The average Bonchev–Trinajstić information content (AvgIpc) is 2.76. The van der Waals surface area contributed by atoms with Gasteiger partial charge in [0, 0.05) is 11.6 Å². The van der Waals surface area contributed by atoms with Crippen LogP contribution in [0.1, 0.15) is 40.0 Å². The quantitative estimate of drug-likeness (QED) is 0.670. The fourth-order valence-electron chi connectivity index (χ4n) is 1.37. The summed E-state index contributed by atoms with van der Waals surface area (Å²) in [4.78, 5) is 0. The Morgan fingerprint density at radius 3 is 2.33 bits per heavy atom. The second kappa shape index (κ2) is 4.80. The summed E-state index contributed by atoms with van der Waals surface area (Å²) in [5.74, 6) is 0.212. The second-order valence-corrected chi connectivity index (χ2v) is 7.09. The van der Waals surface area contributed by atoms with E-state index in [1.54, 1.807) is 0 Å². The molecule has 0 saturated heterocycles. The van der Waals surface area contributed by atoms with E-state index < -0.39 is 10.0 Å². The van der Waals surface area contributed by atoms with Gasteiger partial charge in [-0.1, -0.05) is 0 Å². The van der Waals surface area contributed by atoms with Crippen molar-refractivity contribution in [3.63, 3.8) is 0 Å². The molecule has 2 N–H and O–H groups in total. The van der Waals surface area contributed by atoms with Gasteiger partial charge >= 0.3 is 0 Å². The van der Waals surface area contributed by atoms with Crippen LogP contribution in [0.5, 0.6) is 0 Å². The van der Waals surface area contributed by atoms with Crippen molar-refractivity contribution in [2.24, 2.45) is 0 Å². The van der Waals surface area contributed by atoms with E-state index in [1.807, 2.05) is 20.8 Å². The van der Waals surface area contributed by atoms with Gasteiger partial charge < -0.3 is 5.32 Å². The molecule has 0 unspecified atom stereocenters. The van der Waals surface area contributed by atoms with E-state index in [4.69, 9.17) is 0 Å². The lowest BCUT2D eigenvalue weighted by Gasteiger charge is -2.20. The fourth-order valence-corrected chi connectivity index (χ4v) is 2.93. The molecule has 90 valence electrons. The van der Waals surface area contributed by atoms with E-state index in [1.165, 1.54) is 12.8 Å². The molecular formula is C10H22N2O2S. The Bertz CT molecular complexity index is 289. The summed E-state index contributed by atoms with van der Waals surface area (Å²) in [6.45, 7) is 6.36. The third kappa shape index (κ3) is 6.87. The van der Waals surface area contributed by atoms with Crippen LogP contribution in [0, 0.1) is 0 Å². The first-order chi connectivity index (χ1) is 6.79. The molecule has 15 heavy (non-hydrogen) atoms. The third-order valence-electron chi connectivity index (χ3n) is 2.06. The zero-order chi connectivity index (χ0) is 11.5. The third-order valence-corrected chi connectivity index (χ3v) is 3.81. The molecule has 1 aliphatic carbocycles. The molecule has 1 rings (SSSR count). The summed E-state index contributed by atoms with van der Waals surface area (Å²) in [6, 6.07) is 0.656. The van der Waals surface area contributed by atoms with Crippen molar-refractivity contribution < 1.29 is 8.42 Å². The van der Waals surface area contributed by atoms with Crippen molar-refractivity contribution in [1.82, 2.24) is 10.0 Å². The molecule has 0 spiro atoms. The molecule has 0 aliphatic heterocycles. The molecule has 0 atom stereocenters. The molecule has 1 aliphatic rings. The van der Waals surface area contributed by atoms with Crippen LogP contribution < -0.4 is 10.0 Å². The van der Waals surface area contributed by atoms with Gasteiger partial charge in [0.2, 0.25) is 10.0 Å². The van der Waals surface area contributed by atoms with Gasteiger partial charge in [0.15, 0.2) is 0 Å². The highest BCUT2D eigenvalue weighted by molar-refractivity contribution is 7.89. The largest absolute Gasteiger partial charge is 0.314 e. The van der Waals surface area contributed by atoms with E-state index in [0.717, 1.165) is 6.54 Å². The zero-order valence-electron chi connectivity index (χ0n) is 9.84. The molecule has 0 amide bonds. The summed E-state index contributed by atoms with van der Waals surface area (Å²) in [5, 5.41) is 3.30. The Morgan fingerprint density at radius 2 is 1.87 bits per heavy atom. The maximum atomic E-state index is 11.6. The Morgan fingerprint density at radius 1 is 1.27 bits per heavy atom. The molecule has 0 aromatic heterocycles. The summed E-state index contributed by atoms with van der Waals surface area (Å²) in [6.07, 6.45) is 3.17. The van der Waals surface area contributed by atoms with Crippen molar-refractivity contribution >= 4 is 10.0 Å². The van der Waals surface area contributed by atoms with Crippen molar-refractivity contribution in [3.8, 4) is 0 Å². The van der Waals surface area contributed by atoms with Gasteiger partial charge in [-0.05, 0) is 46.6 Å². The monoisotopic (exact) mass is 234 g/mol.